The van der Waals surface area contributed by atoms with Crippen LogP contribution in [0.2, 0.25) is 0 Å². The van der Waals surface area contributed by atoms with Crippen LogP contribution in [0, 0.1) is 0 Å². The number of anilines is 1. The molecule has 2 fully saturated rings. The Labute approximate surface area is 168 Å². The van der Waals surface area contributed by atoms with Crippen LogP contribution in [0.25, 0.3) is 0 Å². The van der Waals surface area contributed by atoms with Crippen molar-refractivity contribution in [3.8, 4) is 0 Å². The van der Waals surface area contributed by atoms with Gasteiger partial charge in [-0.25, -0.2) is 4.79 Å². The first-order valence-corrected chi connectivity index (χ1v) is 10.8. The average molecular weight is 407 g/mol. The number of para-hydroxylation sites is 1. The van der Waals surface area contributed by atoms with Crippen molar-refractivity contribution in [2.24, 2.45) is 0 Å². The molecule has 8 nitrogen and oxygen atoms in total. The monoisotopic (exact) mass is 406 g/mol. The molecule has 1 aromatic carbocycles. The van der Waals surface area contributed by atoms with Crippen molar-refractivity contribution in [2.45, 2.75) is 31.0 Å². The second kappa shape index (κ2) is 8.83. The van der Waals surface area contributed by atoms with Crippen LogP contribution in [0.5, 0.6) is 0 Å². The van der Waals surface area contributed by atoms with Crippen LogP contribution in [0.1, 0.15) is 19.3 Å². The molecule has 2 saturated heterocycles. The lowest BCUT2D eigenvalue weighted by Crippen LogP contribution is -2.60. The van der Waals surface area contributed by atoms with Gasteiger partial charge in [-0.2, -0.15) is 11.8 Å². The van der Waals surface area contributed by atoms with Gasteiger partial charge in [0.2, 0.25) is 5.91 Å². The van der Waals surface area contributed by atoms with Crippen LogP contribution < -0.4 is 10.6 Å². The highest BCUT2D eigenvalue weighted by atomic mass is 32.2. The molecule has 0 bridgehead atoms. The lowest BCUT2D eigenvalue weighted by Gasteiger charge is -2.44. The molecule has 2 aliphatic heterocycles. The highest BCUT2D eigenvalue weighted by molar-refractivity contribution is 7.98. The highest BCUT2D eigenvalue weighted by Crippen LogP contribution is 2.33. The van der Waals surface area contributed by atoms with E-state index in [-0.39, 0.29) is 24.5 Å². The number of likely N-dealkylation sites (tertiary alicyclic amines) is 1. The van der Waals surface area contributed by atoms with Crippen LogP contribution in [0.15, 0.2) is 30.3 Å². The fourth-order valence-corrected chi connectivity index (χ4v) is 4.35. The van der Waals surface area contributed by atoms with Gasteiger partial charge in [0, 0.05) is 31.6 Å². The van der Waals surface area contributed by atoms with Gasteiger partial charge in [-0.15, -0.1) is 0 Å². The molecular formula is C19H26N4O4S. The lowest BCUT2D eigenvalue weighted by molar-refractivity contribution is -0.147. The van der Waals surface area contributed by atoms with E-state index < -0.39 is 11.6 Å². The molecule has 3 rings (SSSR count). The summed E-state index contributed by atoms with van der Waals surface area (Å²) in [4.78, 5) is 39.8. The number of carbonyl (C=O) groups excluding carboxylic acids is 2. The van der Waals surface area contributed by atoms with Gasteiger partial charge in [-0.3, -0.25) is 14.9 Å². The summed E-state index contributed by atoms with van der Waals surface area (Å²) < 4.78 is 0. The predicted molar refractivity (Wildman–Crippen MR) is 108 cm³/mol. The normalized spacial score (nSPS) is 21.2. The summed E-state index contributed by atoms with van der Waals surface area (Å²) in [5, 5.41) is 15.5. The van der Waals surface area contributed by atoms with E-state index in [1.165, 1.54) is 4.90 Å². The molecule has 152 valence electrons. The number of hydrogen-bond acceptors (Lipinski definition) is 5. The van der Waals surface area contributed by atoms with Crippen LogP contribution in [0.3, 0.4) is 0 Å². The zero-order chi connectivity index (χ0) is 20.1. The number of piperidine rings is 1. The molecule has 1 spiro atoms. The second-order valence-electron chi connectivity index (χ2n) is 7.11. The van der Waals surface area contributed by atoms with Crippen molar-refractivity contribution in [2.75, 3.05) is 37.0 Å². The van der Waals surface area contributed by atoms with E-state index in [0.717, 1.165) is 11.4 Å². The molecule has 0 saturated carbocycles. The highest BCUT2D eigenvalue weighted by Gasteiger charge is 2.52. The summed E-state index contributed by atoms with van der Waals surface area (Å²) >= 11 is 1.66. The van der Waals surface area contributed by atoms with Crippen molar-refractivity contribution in [3.63, 3.8) is 0 Å². The van der Waals surface area contributed by atoms with Crippen LogP contribution in [0.4, 0.5) is 10.5 Å². The number of amides is 3. The van der Waals surface area contributed by atoms with E-state index in [0.29, 0.717) is 32.4 Å². The van der Waals surface area contributed by atoms with E-state index in [1.807, 2.05) is 36.6 Å². The zero-order valence-corrected chi connectivity index (χ0v) is 16.7. The molecule has 2 heterocycles. The third-order valence-electron chi connectivity index (χ3n) is 5.33. The number of nitrogens with zero attached hydrogens (tertiary/aromatic N) is 2. The molecule has 1 aromatic rings. The maximum Gasteiger partial charge on any atom is 0.323 e. The number of hydrogen-bond donors (Lipinski definition) is 3. The number of urea groups is 1. The number of carboxylic acid groups (broad SMARTS) is 1. The molecule has 0 aliphatic carbocycles. The molecule has 1 atom stereocenters. The first kappa shape index (κ1) is 20.5. The van der Waals surface area contributed by atoms with Gasteiger partial charge in [-0.1, -0.05) is 18.2 Å². The number of benzene rings is 1. The minimum Gasteiger partial charge on any atom is -0.480 e. The van der Waals surface area contributed by atoms with E-state index in [2.05, 4.69) is 10.6 Å². The first-order valence-electron chi connectivity index (χ1n) is 9.36. The van der Waals surface area contributed by atoms with E-state index in [9.17, 15) is 19.5 Å². The second-order valence-corrected chi connectivity index (χ2v) is 8.10. The van der Waals surface area contributed by atoms with Gasteiger partial charge >= 0.3 is 12.0 Å². The van der Waals surface area contributed by atoms with Gasteiger partial charge in [0.05, 0.1) is 11.7 Å². The summed E-state index contributed by atoms with van der Waals surface area (Å²) in [6, 6.07) is 8.69. The maximum atomic E-state index is 12.8. The van der Waals surface area contributed by atoms with Crippen molar-refractivity contribution < 1.29 is 19.5 Å². The Morgan fingerprint density at radius 2 is 1.96 bits per heavy atom. The van der Waals surface area contributed by atoms with Crippen molar-refractivity contribution >= 4 is 35.4 Å². The third kappa shape index (κ3) is 4.41. The standard InChI is InChI=1S/C19H26N4O4S/c1-28-12-7-15-17(26)23(13-16(24)25)19(21-15)8-10-22(11-9-19)18(27)20-14-5-3-2-4-6-14/h2-6,15,21H,7-13H2,1H3,(H,20,27)(H,24,25). The lowest BCUT2D eigenvalue weighted by atomic mass is 9.96. The van der Waals surface area contributed by atoms with Crippen molar-refractivity contribution in [1.82, 2.24) is 15.1 Å². The van der Waals surface area contributed by atoms with Crippen LogP contribution in [-0.4, -0.2) is 76.2 Å². The quantitative estimate of drug-likeness (QED) is 0.664. The molecule has 2 aliphatic rings. The number of carboxylic acids is 1. The molecule has 3 amide bonds. The Hall–Kier alpha value is -2.26. The fourth-order valence-electron chi connectivity index (χ4n) is 3.88. The summed E-state index contributed by atoms with van der Waals surface area (Å²) in [5.41, 5.74) is 0.0359. The molecule has 0 radical (unpaired) electrons. The smallest absolute Gasteiger partial charge is 0.323 e. The van der Waals surface area contributed by atoms with Crippen LogP contribution >= 0.6 is 11.8 Å². The Morgan fingerprint density at radius 3 is 2.57 bits per heavy atom. The molecule has 0 aromatic heterocycles. The van der Waals surface area contributed by atoms with Crippen molar-refractivity contribution in [3.05, 3.63) is 30.3 Å². The Balaban J connectivity index is 1.66. The van der Waals surface area contributed by atoms with E-state index in [4.69, 9.17) is 0 Å². The van der Waals surface area contributed by atoms with Gasteiger partial charge < -0.3 is 20.2 Å². The van der Waals surface area contributed by atoms with Crippen LogP contribution in [-0.2, 0) is 9.59 Å². The van der Waals surface area contributed by atoms with Gasteiger partial charge in [0.1, 0.15) is 6.54 Å². The predicted octanol–water partition coefficient (Wildman–Crippen LogP) is 1.65. The number of thioether (sulfide) groups is 1. The average Bonchev–Trinajstić information content (AvgIpc) is 2.93. The molecular weight excluding hydrogens is 380 g/mol. The minimum absolute atomic E-state index is 0.154. The number of carbonyl (C=O) groups is 3. The molecule has 28 heavy (non-hydrogen) atoms. The SMILES string of the molecule is CSCCC1NC2(CCN(C(=O)Nc3ccccc3)CC2)N(CC(=O)O)C1=O. The Kier molecular flexibility index (Phi) is 6.46. The van der Waals surface area contributed by atoms with Crippen molar-refractivity contribution in [1.29, 1.82) is 0 Å². The van der Waals surface area contributed by atoms with E-state index >= 15 is 0 Å². The van der Waals surface area contributed by atoms with Gasteiger partial charge in [-0.05, 0) is 30.6 Å². The third-order valence-corrected chi connectivity index (χ3v) is 5.97. The summed E-state index contributed by atoms with van der Waals surface area (Å²) in [6.45, 7) is 0.576. The first-order chi connectivity index (χ1) is 13.4. The number of aliphatic carboxylic acids is 1. The van der Waals surface area contributed by atoms with E-state index in [1.54, 1.807) is 16.7 Å². The van der Waals surface area contributed by atoms with Gasteiger partial charge in [0.25, 0.3) is 0 Å². The molecule has 9 heteroatoms. The number of nitrogens with one attached hydrogen (secondary N) is 2. The largest absolute Gasteiger partial charge is 0.480 e. The fraction of sp³-hybridized carbons (Fsp3) is 0.526. The zero-order valence-electron chi connectivity index (χ0n) is 15.9. The summed E-state index contributed by atoms with van der Waals surface area (Å²) in [6.07, 6.45) is 3.65. The molecule has 1 unspecified atom stereocenters. The number of rotatable bonds is 6. The minimum atomic E-state index is -1.02. The van der Waals surface area contributed by atoms with Gasteiger partial charge in [0.15, 0.2) is 0 Å². The maximum absolute atomic E-state index is 12.8. The Morgan fingerprint density at radius 1 is 1.29 bits per heavy atom. The summed E-state index contributed by atoms with van der Waals surface area (Å²) in [5.74, 6) is -0.352. The summed E-state index contributed by atoms with van der Waals surface area (Å²) in [7, 11) is 0. The molecule has 3 N–H and O–H groups in total. The Bertz CT molecular complexity index is 722. The topological polar surface area (TPSA) is 102 Å².